The minimum Gasteiger partial charge on any atom is -0.454 e. The van der Waals surface area contributed by atoms with Crippen LogP contribution in [-0.4, -0.2) is 46.2 Å². The summed E-state index contributed by atoms with van der Waals surface area (Å²) in [6.07, 6.45) is 20.6. The van der Waals surface area contributed by atoms with Crippen LogP contribution in [0, 0.1) is 5.92 Å². The van der Waals surface area contributed by atoms with Gasteiger partial charge in [-0.15, -0.1) is 0 Å². The molecule has 0 saturated carbocycles. The first-order valence-electron chi connectivity index (χ1n) is 11.9. The smallest absolute Gasteiger partial charge is 0.312 e. The summed E-state index contributed by atoms with van der Waals surface area (Å²) < 4.78 is 5.10. The van der Waals surface area contributed by atoms with Crippen molar-refractivity contribution in [1.82, 2.24) is 0 Å². The molecule has 2 unspecified atom stereocenters. The van der Waals surface area contributed by atoms with Gasteiger partial charge in [0, 0.05) is 6.42 Å². The Labute approximate surface area is 177 Å². The number of unbranched alkanes of at least 4 members (excludes halogenated alkanes) is 11. The Morgan fingerprint density at radius 1 is 0.931 bits per heavy atom. The van der Waals surface area contributed by atoms with Crippen molar-refractivity contribution < 1.29 is 24.9 Å². The lowest BCUT2D eigenvalue weighted by Crippen LogP contribution is -2.37. The molecule has 0 bridgehead atoms. The number of rotatable bonds is 18. The summed E-state index contributed by atoms with van der Waals surface area (Å²) in [4.78, 5) is 11.9. The quantitative estimate of drug-likeness (QED) is 0.173. The molecule has 2 atom stereocenters. The Morgan fingerprint density at radius 2 is 1.45 bits per heavy atom. The van der Waals surface area contributed by atoms with Crippen molar-refractivity contribution in [3.63, 3.8) is 0 Å². The number of allylic oxidation sites excluding steroid dienone is 2. The van der Waals surface area contributed by atoms with Gasteiger partial charge in [0.25, 0.3) is 0 Å². The molecular weight excluding hydrogens is 368 g/mol. The first-order valence-corrected chi connectivity index (χ1v) is 11.9. The van der Waals surface area contributed by atoms with Gasteiger partial charge in [-0.1, -0.05) is 76.9 Å². The highest BCUT2D eigenvalue weighted by Gasteiger charge is 2.48. The molecule has 1 fully saturated rings. The van der Waals surface area contributed by atoms with Crippen LogP contribution >= 0.6 is 0 Å². The van der Waals surface area contributed by atoms with Gasteiger partial charge in [-0.25, -0.2) is 0 Å². The van der Waals surface area contributed by atoms with Crippen molar-refractivity contribution in [2.45, 2.75) is 115 Å². The van der Waals surface area contributed by atoms with Crippen molar-refractivity contribution in [1.29, 1.82) is 0 Å². The SMILES string of the molecule is CCCCCCCC/C=C\CCCCCCCC(O)C1CC(CO)(CO)OC1=O. The van der Waals surface area contributed by atoms with E-state index in [4.69, 9.17) is 4.74 Å². The molecular formula is C24H44O5. The van der Waals surface area contributed by atoms with Crippen LogP contribution in [0.4, 0.5) is 0 Å². The Morgan fingerprint density at radius 3 is 1.97 bits per heavy atom. The normalized spacial score (nSPS) is 19.7. The maximum absolute atomic E-state index is 11.9. The fraction of sp³-hybridized carbons (Fsp3) is 0.875. The second-order valence-corrected chi connectivity index (χ2v) is 8.67. The Hall–Kier alpha value is -0.910. The molecule has 5 nitrogen and oxygen atoms in total. The van der Waals surface area contributed by atoms with Crippen LogP contribution in [0.5, 0.6) is 0 Å². The number of carbonyl (C=O) groups excluding carboxylic acids is 1. The molecule has 0 aliphatic carbocycles. The molecule has 5 heteroatoms. The van der Waals surface area contributed by atoms with E-state index in [0.717, 1.165) is 25.7 Å². The summed E-state index contributed by atoms with van der Waals surface area (Å²) in [5, 5.41) is 28.9. The summed E-state index contributed by atoms with van der Waals surface area (Å²) in [5.74, 6) is -1.14. The minimum atomic E-state index is -1.22. The third-order valence-electron chi connectivity index (χ3n) is 6.01. The van der Waals surface area contributed by atoms with Crippen molar-refractivity contribution in [2.24, 2.45) is 5.92 Å². The highest BCUT2D eigenvalue weighted by molar-refractivity contribution is 5.76. The number of carbonyl (C=O) groups is 1. The fourth-order valence-electron chi connectivity index (χ4n) is 3.98. The first kappa shape index (κ1) is 26.1. The van der Waals surface area contributed by atoms with E-state index < -0.39 is 36.8 Å². The molecule has 1 saturated heterocycles. The van der Waals surface area contributed by atoms with E-state index in [1.54, 1.807) is 0 Å². The van der Waals surface area contributed by atoms with Crippen molar-refractivity contribution in [3.05, 3.63) is 12.2 Å². The second-order valence-electron chi connectivity index (χ2n) is 8.67. The third-order valence-corrected chi connectivity index (χ3v) is 6.01. The Kier molecular flexibility index (Phi) is 14.3. The standard InChI is InChI=1S/C24H44O5/c1-2-3-4-5-6-7-8-9-10-11-12-13-14-15-16-17-22(27)21-18-24(19-25,20-26)29-23(21)28/h9-10,21-22,25-27H,2-8,11-20H2,1H3/b10-9-. The van der Waals surface area contributed by atoms with Gasteiger partial charge in [0.15, 0.2) is 5.60 Å². The van der Waals surface area contributed by atoms with Crippen LogP contribution in [0.3, 0.4) is 0 Å². The molecule has 0 aromatic rings. The van der Waals surface area contributed by atoms with Crippen molar-refractivity contribution in [3.8, 4) is 0 Å². The zero-order valence-corrected chi connectivity index (χ0v) is 18.5. The highest BCUT2D eigenvalue weighted by atomic mass is 16.6. The van der Waals surface area contributed by atoms with E-state index in [0.29, 0.717) is 6.42 Å². The van der Waals surface area contributed by atoms with E-state index in [1.807, 2.05) is 0 Å². The number of aliphatic hydroxyl groups is 3. The van der Waals surface area contributed by atoms with Crippen LogP contribution in [0.1, 0.15) is 103 Å². The molecule has 0 spiro atoms. The highest BCUT2D eigenvalue weighted by Crippen LogP contribution is 2.34. The molecule has 0 aromatic heterocycles. The van der Waals surface area contributed by atoms with Gasteiger partial charge in [-0.2, -0.15) is 0 Å². The van der Waals surface area contributed by atoms with E-state index in [1.165, 1.54) is 57.8 Å². The van der Waals surface area contributed by atoms with E-state index in [2.05, 4.69) is 19.1 Å². The number of ether oxygens (including phenoxy) is 1. The molecule has 29 heavy (non-hydrogen) atoms. The van der Waals surface area contributed by atoms with Crippen molar-refractivity contribution in [2.75, 3.05) is 13.2 Å². The van der Waals surface area contributed by atoms with Gasteiger partial charge in [0.1, 0.15) is 0 Å². The summed E-state index contributed by atoms with van der Waals surface area (Å²) in [6.45, 7) is 1.43. The Balaban J connectivity index is 1.97. The number of aliphatic hydroxyl groups excluding tert-OH is 3. The molecule has 1 aliphatic heterocycles. The molecule has 1 rings (SSSR count). The average molecular weight is 413 g/mol. The van der Waals surface area contributed by atoms with Crippen LogP contribution in [0.25, 0.3) is 0 Å². The molecule has 0 amide bonds. The van der Waals surface area contributed by atoms with E-state index in [9.17, 15) is 20.1 Å². The summed E-state index contributed by atoms with van der Waals surface area (Å²) >= 11 is 0. The molecule has 3 N–H and O–H groups in total. The van der Waals surface area contributed by atoms with Crippen LogP contribution in [-0.2, 0) is 9.53 Å². The van der Waals surface area contributed by atoms with E-state index in [-0.39, 0.29) is 6.42 Å². The molecule has 1 heterocycles. The number of cyclic esters (lactones) is 1. The van der Waals surface area contributed by atoms with Gasteiger partial charge in [0.05, 0.1) is 25.2 Å². The van der Waals surface area contributed by atoms with Gasteiger partial charge >= 0.3 is 5.97 Å². The predicted octanol–water partition coefficient (Wildman–Crippen LogP) is 4.67. The van der Waals surface area contributed by atoms with Gasteiger partial charge < -0.3 is 20.1 Å². The maximum Gasteiger partial charge on any atom is 0.312 e. The fourth-order valence-corrected chi connectivity index (χ4v) is 3.98. The maximum atomic E-state index is 11.9. The largest absolute Gasteiger partial charge is 0.454 e. The number of esters is 1. The number of hydrogen-bond acceptors (Lipinski definition) is 5. The Bertz CT molecular complexity index is 445. The molecule has 170 valence electrons. The summed E-state index contributed by atoms with van der Waals surface area (Å²) in [7, 11) is 0. The molecule has 0 radical (unpaired) electrons. The van der Waals surface area contributed by atoms with Crippen LogP contribution in [0.15, 0.2) is 12.2 Å². The summed E-state index contributed by atoms with van der Waals surface area (Å²) in [6, 6.07) is 0. The zero-order valence-electron chi connectivity index (χ0n) is 18.5. The number of hydrogen-bond donors (Lipinski definition) is 3. The van der Waals surface area contributed by atoms with Gasteiger partial charge in [0.2, 0.25) is 0 Å². The lowest BCUT2D eigenvalue weighted by atomic mass is 9.89. The lowest BCUT2D eigenvalue weighted by molar-refractivity contribution is -0.158. The zero-order chi connectivity index (χ0) is 21.4. The second kappa shape index (κ2) is 15.9. The molecule has 1 aliphatic rings. The van der Waals surface area contributed by atoms with Gasteiger partial charge in [-0.05, 0) is 32.1 Å². The third kappa shape index (κ3) is 10.6. The summed E-state index contributed by atoms with van der Waals surface area (Å²) in [5.41, 5.74) is -1.22. The van der Waals surface area contributed by atoms with Crippen LogP contribution < -0.4 is 0 Å². The monoisotopic (exact) mass is 412 g/mol. The average Bonchev–Trinajstić information content (AvgIpc) is 3.08. The van der Waals surface area contributed by atoms with Crippen molar-refractivity contribution >= 4 is 5.97 Å². The minimum absolute atomic E-state index is 0.186. The van der Waals surface area contributed by atoms with Gasteiger partial charge in [-0.3, -0.25) is 4.79 Å². The van der Waals surface area contributed by atoms with Crippen LogP contribution in [0.2, 0.25) is 0 Å². The topological polar surface area (TPSA) is 87.0 Å². The lowest BCUT2D eigenvalue weighted by Gasteiger charge is -2.22. The first-order chi connectivity index (χ1) is 14.1. The van der Waals surface area contributed by atoms with E-state index >= 15 is 0 Å². The molecule has 0 aromatic carbocycles. The predicted molar refractivity (Wildman–Crippen MR) is 117 cm³/mol.